The van der Waals surface area contributed by atoms with Crippen LogP contribution in [0.15, 0.2) is 76.4 Å². The van der Waals surface area contributed by atoms with E-state index in [-0.39, 0.29) is 23.5 Å². The monoisotopic (exact) mass is 376 g/mol. The lowest BCUT2D eigenvalue weighted by molar-refractivity contribution is 0.0678. The molecule has 3 aromatic rings. The molecule has 0 saturated heterocycles. The Morgan fingerprint density at radius 1 is 1.21 bits per heavy atom. The lowest BCUT2D eigenvalue weighted by Gasteiger charge is -2.21. The van der Waals surface area contributed by atoms with Gasteiger partial charge in [0.2, 0.25) is 0 Å². The minimum absolute atomic E-state index is 0.150. The van der Waals surface area contributed by atoms with Crippen LogP contribution in [0.3, 0.4) is 0 Å². The van der Waals surface area contributed by atoms with Crippen molar-refractivity contribution < 1.29 is 19.1 Å². The number of carbonyl (C=O) groups excluding carboxylic acids is 1. The van der Waals surface area contributed by atoms with Gasteiger partial charge in [-0.05, 0) is 66.6 Å². The van der Waals surface area contributed by atoms with E-state index in [1.807, 2.05) is 37.3 Å². The Hall–Kier alpha value is -3.54. The summed E-state index contributed by atoms with van der Waals surface area (Å²) in [5.41, 5.74) is 2.52. The molecule has 4 rings (SSSR count). The Morgan fingerprint density at radius 3 is 2.71 bits per heavy atom. The number of hydrogen-bond acceptors (Lipinski definition) is 5. The average Bonchev–Trinajstić information content (AvgIpc) is 3.39. The zero-order chi connectivity index (χ0) is 19.5. The molecule has 2 heterocycles. The van der Waals surface area contributed by atoms with Gasteiger partial charge in [0.25, 0.3) is 0 Å². The van der Waals surface area contributed by atoms with Crippen molar-refractivity contribution in [1.29, 1.82) is 0 Å². The van der Waals surface area contributed by atoms with Gasteiger partial charge in [-0.25, -0.2) is 5.01 Å². The molecular weight excluding hydrogens is 356 g/mol. The van der Waals surface area contributed by atoms with Crippen LogP contribution in [0.2, 0.25) is 0 Å². The van der Waals surface area contributed by atoms with E-state index >= 15 is 0 Å². The van der Waals surface area contributed by atoms with Gasteiger partial charge in [0, 0.05) is 6.42 Å². The maximum Gasteiger partial charge on any atom is 0.310 e. The van der Waals surface area contributed by atoms with Gasteiger partial charge in [0.15, 0.2) is 5.76 Å². The fourth-order valence-corrected chi connectivity index (χ4v) is 3.29. The predicted molar refractivity (Wildman–Crippen MR) is 104 cm³/mol. The normalized spacial score (nSPS) is 16.1. The summed E-state index contributed by atoms with van der Waals surface area (Å²) in [5.74, 6) is 0.844. The Bertz CT molecular complexity index is 994. The first-order valence-electron chi connectivity index (χ1n) is 9.12. The highest BCUT2D eigenvalue weighted by Gasteiger charge is 2.34. The summed E-state index contributed by atoms with van der Waals surface area (Å²) in [5, 5.41) is 15.9. The Labute approximate surface area is 162 Å². The maximum atomic E-state index is 12.9. The Kier molecular flexibility index (Phi) is 4.85. The van der Waals surface area contributed by atoms with E-state index in [1.54, 1.807) is 30.3 Å². The first-order chi connectivity index (χ1) is 13.7. The van der Waals surface area contributed by atoms with Crippen LogP contribution in [-0.4, -0.2) is 28.3 Å². The minimum atomic E-state index is -0.328. The predicted octanol–water partition coefficient (Wildman–Crippen LogP) is 4.38. The van der Waals surface area contributed by atoms with Crippen LogP contribution in [0, 0.1) is 0 Å². The summed E-state index contributed by atoms with van der Waals surface area (Å²) in [6.45, 7) is 2.54. The molecule has 1 N–H and O–H groups in total. The number of benzene rings is 2. The van der Waals surface area contributed by atoms with Crippen molar-refractivity contribution >= 4 is 11.6 Å². The SMILES string of the molecule is CCOc1ccc(C2=NN(C(=O)c3ccco3)[C@@H](c3cccc(O)c3)C2)cc1. The highest BCUT2D eigenvalue weighted by molar-refractivity contribution is 6.04. The molecule has 0 bridgehead atoms. The molecule has 28 heavy (non-hydrogen) atoms. The van der Waals surface area contributed by atoms with Crippen LogP contribution in [-0.2, 0) is 0 Å². The second kappa shape index (κ2) is 7.60. The molecule has 1 aromatic heterocycles. The molecule has 0 unspecified atom stereocenters. The molecular formula is C22H20N2O4. The number of hydrazone groups is 1. The van der Waals surface area contributed by atoms with Gasteiger partial charge in [-0.3, -0.25) is 4.79 Å². The fourth-order valence-electron chi connectivity index (χ4n) is 3.29. The van der Waals surface area contributed by atoms with Crippen molar-refractivity contribution in [2.24, 2.45) is 5.10 Å². The number of nitrogens with zero attached hydrogens (tertiary/aromatic N) is 2. The van der Waals surface area contributed by atoms with Crippen molar-refractivity contribution in [3.05, 3.63) is 83.8 Å². The molecule has 1 aliphatic heterocycles. The van der Waals surface area contributed by atoms with Crippen molar-refractivity contribution in [2.45, 2.75) is 19.4 Å². The molecule has 0 aliphatic carbocycles. The molecule has 6 heteroatoms. The topological polar surface area (TPSA) is 75.3 Å². The number of aromatic hydroxyl groups is 1. The van der Waals surface area contributed by atoms with Crippen LogP contribution in [0.1, 0.15) is 41.1 Å². The van der Waals surface area contributed by atoms with Gasteiger partial charge in [-0.1, -0.05) is 12.1 Å². The summed E-state index contributed by atoms with van der Waals surface area (Å²) in [7, 11) is 0. The molecule has 6 nitrogen and oxygen atoms in total. The molecule has 0 spiro atoms. The number of hydrogen-bond donors (Lipinski definition) is 1. The van der Waals surface area contributed by atoms with Crippen LogP contribution in [0.5, 0.6) is 11.5 Å². The highest BCUT2D eigenvalue weighted by atomic mass is 16.5. The van der Waals surface area contributed by atoms with E-state index in [0.717, 1.165) is 22.6 Å². The average molecular weight is 376 g/mol. The Balaban J connectivity index is 1.68. The quantitative estimate of drug-likeness (QED) is 0.717. The Morgan fingerprint density at radius 2 is 2.04 bits per heavy atom. The van der Waals surface area contributed by atoms with Crippen molar-refractivity contribution in [3.63, 3.8) is 0 Å². The van der Waals surface area contributed by atoms with Gasteiger partial charge in [0.05, 0.1) is 24.6 Å². The third-order valence-electron chi connectivity index (χ3n) is 4.60. The molecule has 142 valence electrons. The smallest absolute Gasteiger partial charge is 0.310 e. The van der Waals surface area contributed by atoms with Gasteiger partial charge in [0.1, 0.15) is 11.5 Å². The third kappa shape index (κ3) is 3.49. The van der Waals surface area contributed by atoms with E-state index in [9.17, 15) is 9.90 Å². The van der Waals surface area contributed by atoms with Crippen LogP contribution >= 0.6 is 0 Å². The zero-order valence-corrected chi connectivity index (χ0v) is 15.4. The number of phenolic OH excluding ortho intramolecular Hbond substituents is 1. The number of ether oxygens (including phenoxy) is 1. The number of rotatable bonds is 5. The number of carbonyl (C=O) groups is 1. The molecule has 1 aliphatic rings. The van der Waals surface area contributed by atoms with E-state index < -0.39 is 0 Å². The molecule has 1 atom stereocenters. The molecule has 0 fully saturated rings. The second-order valence-electron chi connectivity index (χ2n) is 6.45. The van der Waals surface area contributed by atoms with Crippen molar-refractivity contribution in [3.8, 4) is 11.5 Å². The van der Waals surface area contributed by atoms with Crippen LogP contribution < -0.4 is 4.74 Å². The summed E-state index contributed by atoms with van der Waals surface area (Å²) in [4.78, 5) is 12.9. The number of amides is 1. The maximum absolute atomic E-state index is 12.9. The first kappa shape index (κ1) is 17.9. The van der Waals surface area contributed by atoms with Crippen LogP contribution in [0.4, 0.5) is 0 Å². The fraction of sp³-hybridized carbons (Fsp3) is 0.182. The van der Waals surface area contributed by atoms with Gasteiger partial charge in [-0.2, -0.15) is 5.10 Å². The summed E-state index contributed by atoms with van der Waals surface area (Å²) in [6, 6.07) is 17.5. The van der Waals surface area contributed by atoms with E-state index in [2.05, 4.69) is 5.10 Å². The molecule has 1 amide bonds. The lowest BCUT2D eigenvalue weighted by Crippen LogP contribution is -2.26. The second-order valence-corrected chi connectivity index (χ2v) is 6.45. The van der Waals surface area contributed by atoms with E-state index in [1.165, 1.54) is 11.3 Å². The molecule has 0 saturated carbocycles. The van der Waals surface area contributed by atoms with E-state index in [0.29, 0.717) is 13.0 Å². The standard InChI is InChI=1S/C22H20N2O4/c1-2-27-18-10-8-15(9-11-18)19-14-20(16-5-3-6-17(25)13-16)24(23-19)22(26)21-7-4-12-28-21/h3-13,20,25H,2,14H2,1H3/t20-/m1/s1. The third-order valence-corrected chi connectivity index (χ3v) is 4.60. The van der Waals surface area contributed by atoms with Crippen molar-refractivity contribution in [2.75, 3.05) is 6.61 Å². The zero-order valence-electron chi connectivity index (χ0n) is 15.4. The van der Waals surface area contributed by atoms with Crippen molar-refractivity contribution in [1.82, 2.24) is 5.01 Å². The number of furan rings is 1. The molecule has 0 radical (unpaired) electrons. The largest absolute Gasteiger partial charge is 0.508 e. The van der Waals surface area contributed by atoms with Gasteiger partial charge in [-0.15, -0.1) is 0 Å². The number of phenols is 1. The van der Waals surface area contributed by atoms with Crippen LogP contribution in [0.25, 0.3) is 0 Å². The summed E-state index contributed by atoms with van der Waals surface area (Å²) >= 11 is 0. The highest BCUT2D eigenvalue weighted by Crippen LogP contribution is 2.35. The summed E-state index contributed by atoms with van der Waals surface area (Å²) < 4.78 is 10.8. The molecule has 2 aromatic carbocycles. The van der Waals surface area contributed by atoms with Gasteiger partial charge < -0.3 is 14.3 Å². The lowest BCUT2D eigenvalue weighted by atomic mass is 9.98. The van der Waals surface area contributed by atoms with Gasteiger partial charge >= 0.3 is 5.91 Å². The first-order valence-corrected chi connectivity index (χ1v) is 9.12. The minimum Gasteiger partial charge on any atom is -0.508 e. The summed E-state index contributed by atoms with van der Waals surface area (Å²) in [6.07, 6.45) is 1.99. The van der Waals surface area contributed by atoms with E-state index in [4.69, 9.17) is 9.15 Å².